The van der Waals surface area contributed by atoms with Crippen molar-refractivity contribution in [2.75, 3.05) is 17.3 Å². The Hall–Kier alpha value is -1.56. The van der Waals surface area contributed by atoms with Gasteiger partial charge in [0.2, 0.25) is 5.91 Å². The molecular weight excluding hydrogens is 288 g/mol. The second kappa shape index (κ2) is 6.05. The van der Waals surface area contributed by atoms with Crippen molar-refractivity contribution in [3.8, 4) is 0 Å². The fraction of sp³-hybridized carbons (Fsp3) is 0.533. The lowest BCUT2D eigenvalue weighted by Gasteiger charge is -2.31. The molecule has 3 atom stereocenters. The minimum absolute atomic E-state index is 0.0408. The third-order valence-corrected chi connectivity index (χ3v) is 4.69. The largest absolute Gasteiger partial charge is 0.382 e. The van der Waals surface area contributed by atoms with Crippen molar-refractivity contribution in [2.45, 2.75) is 38.3 Å². The molecule has 0 saturated heterocycles. The molecule has 0 radical (unpaired) electrons. The van der Waals surface area contributed by atoms with E-state index < -0.39 is 9.84 Å². The molecule has 0 fully saturated rings. The van der Waals surface area contributed by atoms with Crippen molar-refractivity contribution >= 4 is 21.4 Å². The van der Waals surface area contributed by atoms with Crippen molar-refractivity contribution in [3.05, 3.63) is 29.8 Å². The highest BCUT2D eigenvalue weighted by Gasteiger charge is 2.30. The Labute approximate surface area is 126 Å². The molecule has 0 bridgehead atoms. The van der Waals surface area contributed by atoms with Gasteiger partial charge in [-0.3, -0.25) is 4.79 Å². The maximum atomic E-state index is 12.5. The molecule has 0 saturated carbocycles. The summed E-state index contributed by atoms with van der Waals surface area (Å²) in [4.78, 5) is 12.5. The average Bonchev–Trinajstić information content (AvgIpc) is 2.35. The van der Waals surface area contributed by atoms with Crippen molar-refractivity contribution in [2.24, 2.45) is 0 Å². The van der Waals surface area contributed by atoms with E-state index in [0.29, 0.717) is 6.42 Å². The van der Waals surface area contributed by atoms with Crippen LogP contribution < -0.4 is 10.6 Å². The van der Waals surface area contributed by atoms with E-state index in [2.05, 4.69) is 10.6 Å². The Balaban J connectivity index is 2.13. The SMILES string of the molecule is CC(CS(C)(=O)=O)NC(=O)C1CC(C)Nc2ccccc21. The van der Waals surface area contributed by atoms with Gasteiger partial charge in [0.05, 0.1) is 11.7 Å². The molecule has 6 heteroatoms. The topological polar surface area (TPSA) is 75.3 Å². The monoisotopic (exact) mass is 310 g/mol. The standard InChI is InChI=1S/C15H22N2O3S/c1-10-8-13(12-6-4-5-7-14(12)16-10)15(18)17-11(2)9-21(3,19)20/h4-7,10-11,13,16H,8-9H2,1-3H3,(H,17,18). The first kappa shape index (κ1) is 15.8. The normalized spacial score (nSPS) is 22.8. The first-order valence-electron chi connectivity index (χ1n) is 7.10. The van der Waals surface area contributed by atoms with Gasteiger partial charge in [-0.25, -0.2) is 8.42 Å². The Kier molecular flexibility index (Phi) is 4.56. The van der Waals surface area contributed by atoms with Gasteiger partial charge < -0.3 is 10.6 Å². The highest BCUT2D eigenvalue weighted by atomic mass is 32.2. The van der Waals surface area contributed by atoms with E-state index in [0.717, 1.165) is 11.3 Å². The number of sulfone groups is 1. The lowest BCUT2D eigenvalue weighted by Crippen LogP contribution is -2.42. The molecule has 1 aliphatic heterocycles. The highest BCUT2D eigenvalue weighted by Crippen LogP contribution is 2.34. The van der Waals surface area contributed by atoms with Crippen LogP contribution in [-0.2, 0) is 14.6 Å². The van der Waals surface area contributed by atoms with Crippen molar-refractivity contribution < 1.29 is 13.2 Å². The van der Waals surface area contributed by atoms with Crippen LogP contribution in [0.4, 0.5) is 5.69 Å². The Bertz CT molecular complexity index is 628. The van der Waals surface area contributed by atoms with Crippen LogP contribution in [0.15, 0.2) is 24.3 Å². The van der Waals surface area contributed by atoms with Gasteiger partial charge in [0.15, 0.2) is 0 Å². The minimum Gasteiger partial charge on any atom is -0.382 e. The number of rotatable bonds is 4. The number of benzene rings is 1. The van der Waals surface area contributed by atoms with Crippen LogP contribution in [0.3, 0.4) is 0 Å². The Morgan fingerprint density at radius 1 is 1.43 bits per heavy atom. The van der Waals surface area contributed by atoms with E-state index in [9.17, 15) is 13.2 Å². The number of anilines is 1. The number of amides is 1. The summed E-state index contributed by atoms with van der Waals surface area (Å²) in [5.41, 5.74) is 1.95. The molecule has 1 aromatic carbocycles. The van der Waals surface area contributed by atoms with E-state index in [1.807, 2.05) is 31.2 Å². The van der Waals surface area contributed by atoms with Gasteiger partial charge >= 0.3 is 0 Å². The maximum absolute atomic E-state index is 12.5. The summed E-state index contributed by atoms with van der Waals surface area (Å²) in [6.07, 6.45) is 1.88. The van der Waals surface area contributed by atoms with Crippen molar-refractivity contribution in [1.82, 2.24) is 5.32 Å². The van der Waals surface area contributed by atoms with Gasteiger partial charge in [0.1, 0.15) is 9.84 Å². The molecule has 5 nitrogen and oxygen atoms in total. The summed E-state index contributed by atoms with van der Waals surface area (Å²) in [6.45, 7) is 3.76. The number of carbonyl (C=O) groups excluding carboxylic acids is 1. The second-order valence-corrected chi connectivity index (χ2v) is 8.11. The number of hydrogen-bond acceptors (Lipinski definition) is 4. The molecule has 2 rings (SSSR count). The van der Waals surface area contributed by atoms with Gasteiger partial charge in [-0.2, -0.15) is 0 Å². The van der Waals surface area contributed by atoms with Crippen LogP contribution in [-0.4, -0.2) is 38.4 Å². The quantitative estimate of drug-likeness (QED) is 0.884. The zero-order valence-electron chi connectivity index (χ0n) is 12.6. The molecule has 0 aromatic heterocycles. The summed E-state index contributed by atoms with van der Waals surface area (Å²) < 4.78 is 22.6. The third-order valence-electron chi connectivity index (χ3n) is 3.59. The van der Waals surface area contributed by atoms with E-state index >= 15 is 0 Å². The van der Waals surface area contributed by atoms with Crippen LogP contribution in [0.5, 0.6) is 0 Å². The van der Waals surface area contributed by atoms with E-state index in [1.165, 1.54) is 6.26 Å². The first-order valence-corrected chi connectivity index (χ1v) is 9.16. The summed E-state index contributed by atoms with van der Waals surface area (Å²) in [6, 6.07) is 7.58. The van der Waals surface area contributed by atoms with Crippen LogP contribution in [0.2, 0.25) is 0 Å². The molecule has 0 aliphatic carbocycles. The van der Waals surface area contributed by atoms with Gasteiger partial charge in [0, 0.05) is 24.0 Å². The van der Waals surface area contributed by atoms with Gasteiger partial charge in [0.25, 0.3) is 0 Å². The van der Waals surface area contributed by atoms with Crippen LogP contribution in [0, 0.1) is 0 Å². The molecule has 21 heavy (non-hydrogen) atoms. The number of fused-ring (bicyclic) bond motifs is 1. The summed E-state index contributed by atoms with van der Waals surface area (Å²) >= 11 is 0. The number of para-hydroxylation sites is 1. The van der Waals surface area contributed by atoms with E-state index in [-0.39, 0.29) is 29.7 Å². The molecule has 3 unspecified atom stereocenters. The lowest BCUT2D eigenvalue weighted by molar-refractivity contribution is -0.123. The number of carbonyl (C=O) groups is 1. The minimum atomic E-state index is -3.10. The predicted molar refractivity (Wildman–Crippen MR) is 84.2 cm³/mol. The second-order valence-electron chi connectivity index (χ2n) is 5.92. The fourth-order valence-corrected chi connectivity index (χ4v) is 3.82. The maximum Gasteiger partial charge on any atom is 0.227 e. The summed E-state index contributed by atoms with van der Waals surface area (Å²) in [5.74, 6) is -0.382. The zero-order chi connectivity index (χ0) is 15.6. The molecule has 1 aliphatic rings. The van der Waals surface area contributed by atoms with E-state index in [4.69, 9.17) is 0 Å². The molecule has 0 spiro atoms. The number of hydrogen-bond donors (Lipinski definition) is 2. The third kappa shape index (κ3) is 4.20. The molecule has 116 valence electrons. The van der Waals surface area contributed by atoms with Gasteiger partial charge in [-0.15, -0.1) is 0 Å². The van der Waals surface area contributed by atoms with Gasteiger partial charge in [-0.05, 0) is 31.9 Å². The first-order chi connectivity index (χ1) is 9.76. The Morgan fingerprint density at radius 2 is 2.10 bits per heavy atom. The number of nitrogens with one attached hydrogen (secondary N) is 2. The highest BCUT2D eigenvalue weighted by molar-refractivity contribution is 7.90. The predicted octanol–water partition coefficient (Wildman–Crippen LogP) is 1.52. The van der Waals surface area contributed by atoms with Crippen LogP contribution in [0.1, 0.15) is 31.7 Å². The van der Waals surface area contributed by atoms with Crippen molar-refractivity contribution in [1.29, 1.82) is 0 Å². The molecular formula is C15H22N2O3S. The fourth-order valence-electron chi connectivity index (χ4n) is 2.82. The smallest absolute Gasteiger partial charge is 0.227 e. The molecule has 2 N–H and O–H groups in total. The molecule has 1 aromatic rings. The Morgan fingerprint density at radius 3 is 2.76 bits per heavy atom. The average molecular weight is 310 g/mol. The van der Waals surface area contributed by atoms with Crippen LogP contribution >= 0.6 is 0 Å². The van der Waals surface area contributed by atoms with Gasteiger partial charge in [-0.1, -0.05) is 18.2 Å². The lowest BCUT2D eigenvalue weighted by atomic mass is 9.86. The summed E-state index contributed by atoms with van der Waals surface area (Å²) in [7, 11) is -3.10. The van der Waals surface area contributed by atoms with Crippen molar-refractivity contribution in [3.63, 3.8) is 0 Å². The molecule has 1 amide bonds. The zero-order valence-corrected chi connectivity index (χ0v) is 13.4. The van der Waals surface area contributed by atoms with E-state index in [1.54, 1.807) is 6.92 Å². The molecule has 1 heterocycles. The van der Waals surface area contributed by atoms with Crippen LogP contribution in [0.25, 0.3) is 0 Å². The summed E-state index contributed by atoms with van der Waals surface area (Å²) in [5, 5.41) is 6.18.